The predicted molar refractivity (Wildman–Crippen MR) is 116 cm³/mol. The van der Waals surface area contributed by atoms with Crippen LogP contribution in [-0.4, -0.2) is 33.9 Å². The van der Waals surface area contributed by atoms with Crippen LogP contribution in [0.15, 0.2) is 48.5 Å². The van der Waals surface area contributed by atoms with Crippen LogP contribution in [0.3, 0.4) is 0 Å². The minimum Gasteiger partial charge on any atom is -0.478 e. The number of nitrogens with zero attached hydrogens (tertiary/aromatic N) is 1. The summed E-state index contributed by atoms with van der Waals surface area (Å²) in [6.45, 7) is 4.87. The van der Waals surface area contributed by atoms with E-state index < -0.39 is 17.7 Å². The summed E-state index contributed by atoms with van der Waals surface area (Å²) in [5.41, 5.74) is 3.07. The van der Waals surface area contributed by atoms with E-state index in [1.54, 1.807) is 12.1 Å². The fourth-order valence-corrected chi connectivity index (χ4v) is 3.73. The van der Waals surface area contributed by atoms with E-state index in [1.807, 2.05) is 48.7 Å². The van der Waals surface area contributed by atoms with Crippen LogP contribution in [0.5, 0.6) is 0 Å². The van der Waals surface area contributed by atoms with E-state index in [1.165, 1.54) is 6.07 Å². The highest BCUT2D eigenvalue weighted by atomic mass is 16.4. The smallest absolute Gasteiger partial charge is 0.335 e. The number of nitrogens with one attached hydrogen (secondary N) is 1. The quantitative estimate of drug-likeness (QED) is 0.417. The topological polar surface area (TPSA) is 88.4 Å². The molecule has 0 unspecified atom stereocenters. The van der Waals surface area contributed by atoms with Crippen molar-refractivity contribution in [3.63, 3.8) is 0 Å². The Labute approximate surface area is 175 Å². The van der Waals surface area contributed by atoms with Gasteiger partial charge in [0.2, 0.25) is 0 Å². The first-order valence-corrected chi connectivity index (χ1v) is 10.2. The van der Waals surface area contributed by atoms with Crippen LogP contribution < -0.4 is 5.32 Å². The molecule has 3 rings (SSSR count). The Morgan fingerprint density at radius 1 is 1.03 bits per heavy atom. The molecule has 2 N–H and O–H groups in total. The number of ketones is 1. The van der Waals surface area contributed by atoms with E-state index in [-0.39, 0.29) is 5.56 Å². The number of carbonyl (C=O) groups is 3. The van der Waals surface area contributed by atoms with Crippen LogP contribution in [-0.2, 0) is 24.2 Å². The van der Waals surface area contributed by atoms with Gasteiger partial charge in [-0.15, -0.1) is 0 Å². The lowest BCUT2D eigenvalue weighted by Gasteiger charge is -2.11. The first kappa shape index (κ1) is 21.3. The largest absolute Gasteiger partial charge is 0.478 e. The van der Waals surface area contributed by atoms with Gasteiger partial charge in [-0.3, -0.25) is 9.59 Å². The second-order valence-corrected chi connectivity index (χ2v) is 7.18. The number of carboxylic acids is 1. The summed E-state index contributed by atoms with van der Waals surface area (Å²) in [6.07, 6.45) is 2.01. The monoisotopic (exact) mass is 406 g/mol. The predicted octanol–water partition coefficient (Wildman–Crippen LogP) is 3.85. The zero-order valence-electron chi connectivity index (χ0n) is 17.3. The third-order valence-electron chi connectivity index (χ3n) is 5.19. The van der Waals surface area contributed by atoms with Gasteiger partial charge in [-0.05, 0) is 37.0 Å². The molecule has 1 aromatic heterocycles. The number of aromatic carboxylic acids is 1. The number of aromatic nitrogens is 1. The van der Waals surface area contributed by atoms with Crippen molar-refractivity contribution < 1.29 is 19.5 Å². The SMILES string of the molecule is CCCNC(=O)C(=O)c1c(CC)n(CCc2ccccc2)c2cc(C(=O)O)ccc12. The van der Waals surface area contributed by atoms with Crippen molar-refractivity contribution in [1.82, 2.24) is 9.88 Å². The highest BCUT2D eigenvalue weighted by Crippen LogP contribution is 2.29. The molecule has 6 nitrogen and oxygen atoms in total. The maximum atomic E-state index is 13.0. The van der Waals surface area contributed by atoms with Crippen molar-refractivity contribution in [2.24, 2.45) is 0 Å². The molecule has 6 heteroatoms. The van der Waals surface area contributed by atoms with Crippen molar-refractivity contribution in [2.45, 2.75) is 39.7 Å². The molecule has 30 heavy (non-hydrogen) atoms. The summed E-state index contributed by atoms with van der Waals surface area (Å²) in [5, 5.41) is 12.7. The second-order valence-electron chi connectivity index (χ2n) is 7.18. The summed E-state index contributed by atoms with van der Waals surface area (Å²) in [6, 6.07) is 14.7. The van der Waals surface area contributed by atoms with Crippen molar-refractivity contribution in [2.75, 3.05) is 6.54 Å². The molecular weight excluding hydrogens is 380 g/mol. The van der Waals surface area contributed by atoms with Gasteiger partial charge in [0, 0.05) is 29.7 Å². The van der Waals surface area contributed by atoms with Gasteiger partial charge in [0.25, 0.3) is 11.7 Å². The van der Waals surface area contributed by atoms with Gasteiger partial charge >= 0.3 is 5.97 Å². The van der Waals surface area contributed by atoms with Crippen LogP contribution in [0.1, 0.15) is 52.2 Å². The van der Waals surface area contributed by atoms with Gasteiger partial charge in [0.05, 0.1) is 11.1 Å². The van der Waals surface area contributed by atoms with Crippen LogP contribution in [0, 0.1) is 0 Å². The summed E-state index contributed by atoms with van der Waals surface area (Å²) < 4.78 is 1.98. The van der Waals surface area contributed by atoms with Gasteiger partial charge < -0.3 is 15.0 Å². The summed E-state index contributed by atoms with van der Waals surface area (Å²) in [7, 11) is 0. The molecule has 0 saturated carbocycles. The first-order valence-electron chi connectivity index (χ1n) is 10.2. The number of benzene rings is 2. The number of rotatable bonds is 9. The van der Waals surface area contributed by atoms with Gasteiger partial charge in [0.1, 0.15) is 0 Å². The van der Waals surface area contributed by atoms with E-state index in [0.29, 0.717) is 36.0 Å². The lowest BCUT2D eigenvalue weighted by Crippen LogP contribution is -2.32. The molecule has 2 aromatic carbocycles. The van der Waals surface area contributed by atoms with E-state index in [2.05, 4.69) is 5.32 Å². The number of carbonyl (C=O) groups excluding carboxylic acids is 2. The van der Waals surface area contributed by atoms with Gasteiger partial charge in [0.15, 0.2) is 0 Å². The lowest BCUT2D eigenvalue weighted by atomic mass is 10.0. The Kier molecular flexibility index (Phi) is 6.67. The number of carboxylic acid groups (broad SMARTS) is 1. The van der Waals surface area contributed by atoms with Crippen LogP contribution in [0.2, 0.25) is 0 Å². The molecule has 0 aliphatic rings. The first-order chi connectivity index (χ1) is 14.5. The van der Waals surface area contributed by atoms with Crippen molar-refractivity contribution in [3.05, 3.63) is 70.9 Å². The standard InChI is InChI=1S/C24H26N2O4/c1-3-13-25-23(28)22(27)21-18-11-10-17(24(29)30)15-20(18)26(19(21)4-2)14-12-16-8-6-5-7-9-16/h5-11,15H,3-4,12-14H2,1-2H3,(H,25,28)(H,29,30). The Balaban J connectivity index is 2.12. The molecule has 156 valence electrons. The maximum absolute atomic E-state index is 13.0. The fourth-order valence-electron chi connectivity index (χ4n) is 3.73. The minimum atomic E-state index is -1.03. The highest BCUT2D eigenvalue weighted by molar-refractivity contribution is 6.45. The van der Waals surface area contributed by atoms with Gasteiger partial charge in [-0.1, -0.05) is 50.2 Å². The minimum absolute atomic E-state index is 0.151. The van der Waals surface area contributed by atoms with Crippen molar-refractivity contribution in [1.29, 1.82) is 0 Å². The van der Waals surface area contributed by atoms with E-state index in [0.717, 1.165) is 24.1 Å². The van der Waals surface area contributed by atoms with Gasteiger partial charge in [-0.2, -0.15) is 0 Å². The molecule has 0 bridgehead atoms. The molecule has 0 radical (unpaired) electrons. The third kappa shape index (κ3) is 4.27. The van der Waals surface area contributed by atoms with E-state index >= 15 is 0 Å². The van der Waals surface area contributed by atoms with Crippen molar-refractivity contribution in [3.8, 4) is 0 Å². The Morgan fingerprint density at radius 3 is 2.40 bits per heavy atom. The fraction of sp³-hybridized carbons (Fsp3) is 0.292. The normalized spacial score (nSPS) is 10.9. The molecule has 0 aliphatic heterocycles. The Hall–Kier alpha value is -3.41. The molecule has 1 amide bonds. The molecule has 0 fully saturated rings. The number of Topliss-reactive ketones (excluding diaryl/α,β-unsaturated/α-hetero) is 1. The highest BCUT2D eigenvalue weighted by Gasteiger charge is 2.26. The average Bonchev–Trinajstić information content (AvgIpc) is 3.08. The van der Waals surface area contributed by atoms with Crippen LogP contribution in [0.4, 0.5) is 0 Å². The molecule has 3 aromatic rings. The maximum Gasteiger partial charge on any atom is 0.335 e. The third-order valence-corrected chi connectivity index (χ3v) is 5.19. The van der Waals surface area contributed by atoms with Crippen LogP contribution >= 0.6 is 0 Å². The van der Waals surface area contributed by atoms with E-state index in [9.17, 15) is 19.5 Å². The van der Waals surface area contributed by atoms with Gasteiger partial charge in [-0.25, -0.2) is 4.79 Å². The molecule has 0 atom stereocenters. The molecule has 1 heterocycles. The molecular formula is C24H26N2O4. The van der Waals surface area contributed by atoms with E-state index in [4.69, 9.17) is 0 Å². The second kappa shape index (κ2) is 9.39. The number of aryl methyl sites for hydroxylation is 2. The average molecular weight is 406 g/mol. The zero-order valence-corrected chi connectivity index (χ0v) is 17.3. The van der Waals surface area contributed by atoms with Crippen LogP contribution in [0.25, 0.3) is 10.9 Å². The molecule has 0 aliphatic carbocycles. The summed E-state index contributed by atoms with van der Waals surface area (Å²) in [4.78, 5) is 36.9. The lowest BCUT2D eigenvalue weighted by molar-refractivity contribution is -0.117. The number of amides is 1. The Morgan fingerprint density at radius 2 is 1.77 bits per heavy atom. The number of fused-ring (bicyclic) bond motifs is 1. The summed E-state index contributed by atoms with van der Waals surface area (Å²) in [5.74, 6) is -2.23. The number of hydrogen-bond acceptors (Lipinski definition) is 3. The summed E-state index contributed by atoms with van der Waals surface area (Å²) >= 11 is 0. The Bertz CT molecular complexity index is 1080. The zero-order chi connectivity index (χ0) is 21.7. The number of hydrogen-bond donors (Lipinski definition) is 2. The molecule has 0 spiro atoms. The van der Waals surface area contributed by atoms with Crippen molar-refractivity contribution >= 4 is 28.6 Å². The molecule has 0 saturated heterocycles.